The minimum absolute atomic E-state index is 0.0352. The molecule has 0 aliphatic heterocycles. The third-order valence-electron chi connectivity index (χ3n) is 2.24. The van der Waals surface area contributed by atoms with E-state index in [1.54, 1.807) is 6.92 Å². The summed E-state index contributed by atoms with van der Waals surface area (Å²) >= 11 is 0. The van der Waals surface area contributed by atoms with Gasteiger partial charge in [0.2, 0.25) is 5.76 Å². The van der Waals surface area contributed by atoms with Crippen LogP contribution in [0, 0.1) is 6.92 Å². The normalized spacial score (nSPS) is 11.8. The molecule has 0 fully saturated rings. The molecule has 1 aromatic heterocycles. The molecule has 0 atom stereocenters. The van der Waals surface area contributed by atoms with Crippen LogP contribution < -0.4 is 0 Å². The topological polar surface area (TPSA) is 59.7 Å². The molecule has 0 unspecified atom stereocenters. The van der Waals surface area contributed by atoms with Gasteiger partial charge in [-0.2, -0.15) is 13.2 Å². The van der Waals surface area contributed by atoms with Gasteiger partial charge in [0.15, 0.2) is 0 Å². The minimum atomic E-state index is -4.18. The highest BCUT2D eigenvalue weighted by molar-refractivity contribution is 5.84. The summed E-state index contributed by atoms with van der Waals surface area (Å²) in [6, 6.07) is 1.31. The Morgan fingerprint density at radius 1 is 1.50 bits per heavy atom. The van der Waals surface area contributed by atoms with Gasteiger partial charge >= 0.3 is 12.1 Å². The molecule has 0 radical (unpaired) electrons. The van der Waals surface area contributed by atoms with E-state index in [0.717, 1.165) is 0 Å². The Kier molecular flexibility index (Phi) is 4.77. The molecular formula is C11H13F3O4. The Morgan fingerprint density at radius 3 is 2.67 bits per heavy atom. The third-order valence-corrected chi connectivity index (χ3v) is 2.24. The van der Waals surface area contributed by atoms with Crippen LogP contribution in [0.4, 0.5) is 13.2 Å². The van der Waals surface area contributed by atoms with Crippen LogP contribution in [0.15, 0.2) is 10.5 Å². The first kappa shape index (κ1) is 14.6. The third kappa shape index (κ3) is 4.79. The lowest BCUT2D eigenvalue weighted by Gasteiger charge is -2.06. The number of carboxylic acids is 1. The van der Waals surface area contributed by atoms with Crippen molar-refractivity contribution in [3.63, 3.8) is 0 Å². The zero-order valence-corrected chi connectivity index (χ0v) is 9.71. The van der Waals surface area contributed by atoms with E-state index in [1.165, 1.54) is 6.07 Å². The number of halogens is 3. The van der Waals surface area contributed by atoms with Gasteiger partial charge in [-0.3, -0.25) is 0 Å². The summed E-state index contributed by atoms with van der Waals surface area (Å²) in [6.07, 6.45) is -5.19. The quantitative estimate of drug-likeness (QED) is 0.803. The monoisotopic (exact) mass is 266 g/mol. The lowest BCUT2D eigenvalue weighted by molar-refractivity contribution is -0.138. The van der Waals surface area contributed by atoms with Crippen molar-refractivity contribution in [2.45, 2.75) is 32.5 Å². The Labute approximate surface area is 101 Å². The fourth-order valence-electron chi connectivity index (χ4n) is 1.33. The maximum absolute atomic E-state index is 11.8. The Balaban J connectivity index is 2.33. The van der Waals surface area contributed by atoms with Gasteiger partial charge in [0, 0.05) is 18.6 Å². The van der Waals surface area contributed by atoms with E-state index in [2.05, 4.69) is 0 Å². The predicted octanol–water partition coefficient (Wildman–Crippen LogP) is 3.15. The Hall–Kier alpha value is -1.50. The number of hydrogen-bond acceptors (Lipinski definition) is 3. The molecule has 1 heterocycles. The molecule has 18 heavy (non-hydrogen) atoms. The smallest absolute Gasteiger partial charge is 0.389 e. The summed E-state index contributed by atoms with van der Waals surface area (Å²) in [5.74, 6) is -1.01. The number of carbonyl (C=O) groups is 1. The van der Waals surface area contributed by atoms with Gasteiger partial charge in [0.25, 0.3) is 0 Å². The van der Waals surface area contributed by atoms with Gasteiger partial charge in [0.05, 0.1) is 6.61 Å². The van der Waals surface area contributed by atoms with Crippen molar-refractivity contribution in [1.29, 1.82) is 0 Å². The van der Waals surface area contributed by atoms with E-state index >= 15 is 0 Å². The highest BCUT2D eigenvalue weighted by Gasteiger charge is 2.25. The fraction of sp³-hybridized carbons (Fsp3) is 0.545. The largest absolute Gasteiger partial charge is 0.475 e. The Bertz CT molecular complexity index is 409. The molecule has 0 saturated heterocycles. The van der Waals surface area contributed by atoms with Crippen LogP contribution in [-0.2, 0) is 11.3 Å². The van der Waals surface area contributed by atoms with E-state index < -0.39 is 18.6 Å². The van der Waals surface area contributed by atoms with E-state index in [-0.39, 0.29) is 25.4 Å². The molecule has 4 nitrogen and oxygen atoms in total. The number of furan rings is 1. The summed E-state index contributed by atoms with van der Waals surface area (Å²) < 4.78 is 45.4. The number of carboxylic acid groups (broad SMARTS) is 1. The summed E-state index contributed by atoms with van der Waals surface area (Å²) in [6.45, 7) is 1.58. The first-order valence-corrected chi connectivity index (χ1v) is 5.26. The van der Waals surface area contributed by atoms with E-state index in [4.69, 9.17) is 14.3 Å². The second kappa shape index (κ2) is 5.90. The van der Waals surface area contributed by atoms with Gasteiger partial charge in [0.1, 0.15) is 5.76 Å². The summed E-state index contributed by atoms with van der Waals surface area (Å²) in [5, 5.41) is 8.66. The average Bonchev–Trinajstić information content (AvgIpc) is 2.58. The lowest BCUT2D eigenvalue weighted by Crippen LogP contribution is -2.08. The van der Waals surface area contributed by atoms with Crippen LogP contribution in [0.5, 0.6) is 0 Å². The molecule has 1 aromatic rings. The molecule has 102 valence electrons. The molecule has 0 saturated carbocycles. The second-order valence-electron chi connectivity index (χ2n) is 3.77. The van der Waals surface area contributed by atoms with Gasteiger partial charge in [-0.15, -0.1) is 0 Å². The van der Waals surface area contributed by atoms with Gasteiger partial charge in [-0.25, -0.2) is 4.79 Å². The molecule has 0 aliphatic rings. The Morgan fingerprint density at radius 2 is 2.17 bits per heavy atom. The number of aryl methyl sites for hydroxylation is 1. The van der Waals surface area contributed by atoms with Crippen molar-refractivity contribution in [2.75, 3.05) is 6.61 Å². The molecule has 0 aliphatic carbocycles. The van der Waals surface area contributed by atoms with Crippen LogP contribution in [0.1, 0.15) is 34.7 Å². The second-order valence-corrected chi connectivity index (χ2v) is 3.77. The van der Waals surface area contributed by atoms with Gasteiger partial charge < -0.3 is 14.3 Å². The average molecular weight is 266 g/mol. The maximum atomic E-state index is 11.8. The summed E-state index contributed by atoms with van der Waals surface area (Å²) in [5.41, 5.74) is 0.527. The van der Waals surface area contributed by atoms with Crippen LogP contribution in [0.25, 0.3) is 0 Å². The van der Waals surface area contributed by atoms with Crippen molar-refractivity contribution < 1.29 is 32.2 Å². The number of hydrogen-bond donors (Lipinski definition) is 1. The molecule has 0 spiro atoms. The molecule has 1 rings (SSSR count). The molecule has 7 heteroatoms. The SMILES string of the molecule is Cc1oc(C(=O)O)cc1COCCCC(F)(F)F. The molecule has 0 aromatic carbocycles. The fourth-order valence-corrected chi connectivity index (χ4v) is 1.33. The molecule has 0 amide bonds. The number of aromatic carboxylic acids is 1. The van der Waals surface area contributed by atoms with E-state index in [0.29, 0.717) is 11.3 Å². The van der Waals surface area contributed by atoms with Crippen molar-refractivity contribution in [2.24, 2.45) is 0 Å². The first-order chi connectivity index (χ1) is 8.29. The molecule has 0 bridgehead atoms. The lowest BCUT2D eigenvalue weighted by atomic mass is 10.2. The minimum Gasteiger partial charge on any atom is -0.475 e. The van der Waals surface area contributed by atoms with E-state index in [1.807, 2.05) is 0 Å². The van der Waals surface area contributed by atoms with Crippen LogP contribution in [0.3, 0.4) is 0 Å². The standard InChI is InChI=1S/C11H13F3O4/c1-7-8(5-9(18-7)10(15)16)6-17-4-2-3-11(12,13)14/h5H,2-4,6H2,1H3,(H,15,16). The highest BCUT2D eigenvalue weighted by Crippen LogP contribution is 2.21. The number of alkyl halides is 3. The van der Waals surface area contributed by atoms with Gasteiger partial charge in [-0.1, -0.05) is 0 Å². The van der Waals surface area contributed by atoms with E-state index in [9.17, 15) is 18.0 Å². The molecule has 1 N–H and O–H groups in total. The molecular weight excluding hydrogens is 253 g/mol. The predicted molar refractivity (Wildman–Crippen MR) is 55.3 cm³/mol. The van der Waals surface area contributed by atoms with Crippen molar-refractivity contribution in [3.05, 3.63) is 23.2 Å². The van der Waals surface area contributed by atoms with Crippen molar-refractivity contribution in [1.82, 2.24) is 0 Å². The number of rotatable bonds is 6. The van der Waals surface area contributed by atoms with Crippen molar-refractivity contribution in [3.8, 4) is 0 Å². The van der Waals surface area contributed by atoms with Crippen LogP contribution >= 0.6 is 0 Å². The highest BCUT2D eigenvalue weighted by atomic mass is 19.4. The van der Waals surface area contributed by atoms with Gasteiger partial charge in [-0.05, 0) is 19.4 Å². The maximum Gasteiger partial charge on any atom is 0.389 e. The van der Waals surface area contributed by atoms with Crippen LogP contribution in [-0.4, -0.2) is 23.9 Å². The number of ether oxygens (including phenoxy) is 1. The van der Waals surface area contributed by atoms with Crippen LogP contribution in [0.2, 0.25) is 0 Å². The zero-order chi connectivity index (χ0) is 13.8. The summed E-state index contributed by atoms with van der Waals surface area (Å²) in [4.78, 5) is 10.6. The first-order valence-electron chi connectivity index (χ1n) is 5.26. The zero-order valence-electron chi connectivity index (χ0n) is 9.71. The summed E-state index contributed by atoms with van der Waals surface area (Å²) in [7, 11) is 0. The van der Waals surface area contributed by atoms with Crippen molar-refractivity contribution >= 4 is 5.97 Å².